The maximum Gasteiger partial charge on any atom is 0.461 e. The third-order valence-electron chi connectivity index (χ3n) is 7.16. The van der Waals surface area contributed by atoms with Crippen LogP contribution in [0, 0.1) is 11.6 Å². The van der Waals surface area contributed by atoms with Gasteiger partial charge in [-0.15, -0.1) is 5.12 Å². The van der Waals surface area contributed by atoms with E-state index in [0.29, 0.717) is 23.8 Å². The van der Waals surface area contributed by atoms with Gasteiger partial charge in [-0.1, -0.05) is 59.1 Å². The van der Waals surface area contributed by atoms with Gasteiger partial charge in [-0.25, -0.2) is 13.6 Å². The maximum absolute atomic E-state index is 15.2. The molecule has 260 valence electrons. The van der Waals surface area contributed by atoms with Crippen LogP contribution in [-0.2, 0) is 29.4 Å². The van der Waals surface area contributed by atoms with Crippen LogP contribution < -0.4 is 10.1 Å². The molecule has 0 aliphatic rings. The Hall–Kier alpha value is -5.28. The number of halogens is 10. The van der Waals surface area contributed by atoms with E-state index in [4.69, 9.17) is 0 Å². The molecule has 0 saturated heterocycles. The highest BCUT2D eigenvalue weighted by molar-refractivity contribution is 5.95. The van der Waals surface area contributed by atoms with Gasteiger partial charge in [0.05, 0.1) is 24.8 Å². The number of hydrogen-bond donors (Lipinski definition) is 1. The summed E-state index contributed by atoms with van der Waals surface area (Å²) in [7, 11) is 0.909. The van der Waals surface area contributed by atoms with Crippen molar-refractivity contribution in [2.24, 2.45) is 0 Å². The van der Waals surface area contributed by atoms with Crippen molar-refractivity contribution >= 4 is 12.0 Å². The van der Waals surface area contributed by atoms with Crippen LogP contribution in [0.2, 0.25) is 0 Å². The molecule has 49 heavy (non-hydrogen) atoms. The zero-order valence-electron chi connectivity index (χ0n) is 25.0. The van der Waals surface area contributed by atoms with E-state index in [1.165, 1.54) is 36.4 Å². The molecule has 0 aromatic heterocycles. The van der Waals surface area contributed by atoms with Gasteiger partial charge in [0, 0.05) is 18.1 Å². The lowest BCUT2D eigenvalue weighted by Gasteiger charge is -2.37. The zero-order valence-corrected chi connectivity index (χ0v) is 25.0. The summed E-state index contributed by atoms with van der Waals surface area (Å²) in [6.07, 6.45) is -16.5. The summed E-state index contributed by atoms with van der Waals surface area (Å²) >= 11 is 0. The molecule has 16 heteroatoms. The first-order valence-corrected chi connectivity index (χ1v) is 13.9. The van der Waals surface area contributed by atoms with E-state index < -0.39 is 83.3 Å². The van der Waals surface area contributed by atoms with Crippen LogP contribution in [-0.4, -0.2) is 36.8 Å². The second-order valence-electron chi connectivity index (χ2n) is 10.5. The standard InChI is InChI=1S/C33H24F10N2O4/c1-48-30(47)45(43)18-20-8-5-9-22(12-20)31(17-19-6-3-2-4-7-19,23-14-24(34)16-25(15-23)49-33(41,42)29(36)37)44-28(46)21-10-11-27(35)26(13-21)32(38,39)40/h2-16,29H,17-18H2,1H3,(H,44,46). The van der Waals surface area contributed by atoms with Crippen molar-refractivity contribution in [3.05, 3.63) is 136 Å². The van der Waals surface area contributed by atoms with Crippen molar-refractivity contribution in [2.75, 3.05) is 7.11 Å². The fourth-order valence-electron chi connectivity index (χ4n) is 4.94. The van der Waals surface area contributed by atoms with Crippen molar-refractivity contribution in [2.45, 2.75) is 37.2 Å². The average Bonchev–Trinajstić information content (AvgIpc) is 3.03. The molecule has 6 nitrogen and oxygen atoms in total. The van der Waals surface area contributed by atoms with E-state index in [9.17, 15) is 49.2 Å². The van der Waals surface area contributed by atoms with Gasteiger partial charge in [-0.05, 0) is 52.6 Å². The Balaban J connectivity index is 2.00. The highest BCUT2D eigenvalue weighted by Crippen LogP contribution is 2.39. The lowest BCUT2D eigenvalue weighted by molar-refractivity contribution is -0.253. The molecule has 1 unspecified atom stereocenters. The van der Waals surface area contributed by atoms with Gasteiger partial charge in [-0.2, -0.15) is 30.7 Å². The minimum atomic E-state index is -5.22. The normalized spacial score (nSPS) is 13.1. The summed E-state index contributed by atoms with van der Waals surface area (Å²) in [5.74, 6) is -5.44. The van der Waals surface area contributed by atoms with Crippen LogP contribution in [0.5, 0.6) is 5.75 Å². The number of ether oxygens (including phenoxy) is 2. The molecule has 1 N–H and O–H groups in total. The quantitative estimate of drug-likeness (QED) is 0.126. The van der Waals surface area contributed by atoms with E-state index in [1.807, 2.05) is 0 Å². The minimum absolute atomic E-state index is 0.0235. The maximum atomic E-state index is 15.2. The van der Waals surface area contributed by atoms with Gasteiger partial charge in [-0.3, -0.25) is 4.79 Å². The summed E-state index contributed by atoms with van der Waals surface area (Å²) in [5, 5.41) is 2.17. The van der Waals surface area contributed by atoms with Gasteiger partial charge in [0.15, 0.2) is 0 Å². The molecule has 4 rings (SSSR count). The summed E-state index contributed by atoms with van der Waals surface area (Å²) in [6, 6.07) is 16.0. The molecule has 0 saturated carbocycles. The fourth-order valence-corrected chi connectivity index (χ4v) is 4.94. The smallest absolute Gasteiger partial charge is 0.451 e. The number of carbonyl (C=O) groups is 2. The van der Waals surface area contributed by atoms with Crippen LogP contribution in [0.3, 0.4) is 0 Å². The number of benzene rings is 4. The van der Waals surface area contributed by atoms with Gasteiger partial charge >= 0.3 is 24.8 Å². The number of nitrogens with one attached hydrogen (secondary N) is 1. The Morgan fingerprint density at radius 3 is 2.12 bits per heavy atom. The second kappa shape index (κ2) is 14.5. The first kappa shape index (κ1) is 36.6. The highest BCUT2D eigenvalue weighted by atomic mass is 19.4. The molecule has 0 heterocycles. The number of amides is 2. The number of hydrogen-bond acceptors (Lipinski definition) is 4. The van der Waals surface area contributed by atoms with Gasteiger partial charge in [0.25, 0.3) is 5.91 Å². The third kappa shape index (κ3) is 8.61. The molecule has 0 aliphatic heterocycles. The fraction of sp³-hybridized carbons (Fsp3) is 0.212. The number of rotatable bonds is 11. The Bertz CT molecular complexity index is 1800. The number of alkyl halides is 7. The Kier molecular flexibility index (Phi) is 10.8. The van der Waals surface area contributed by atoms with Crippen molar-refractivity contribution in [1.29, 1.82) is 0 Å². The molecule has 0 spiro atoms. The Morgan fingerprint density at radius 1 is 0.816 bits per heavy atom. The largest absolute Gasteiger partial charge is 0.461 e. The summed E-state index contributed by atoms with van der Waals surface area (Å²) < 4.78 is 147. The van der Waals surface area contributed by atoms with Crippen LogP contribution in [0.1, 0.15) is 38.2 Å². The summed E-state index contributed by atoms with van der Waals surface area (Å²) in [4.78, 5) is 25.5. The summed E-state index contributed by atoms with van der Waals surface area (Å²) in [5.41, 5.74) is -4.85. The molecule has 0 aliphatic carbocycles. The third-order valence-corrected chi connectivity index (χ3v) is 7.16. The van der Waals surface area contributed by atoms with Crippen LogP contribution in [0.15, 0.2) is 91.0 Å². The Labute approximate surface area is 271 Å². The van der Waals surface area contributed by atoms with E-state index in [1.54, 1.807) is 18.2 Å². The van der Waals surface area contributed by atoms with E-state index >= 15 is 4.39 Å². The van der Waals surface area contributed by atoms with Gasteiger partial charge in [0.2, 0.25) is 0 Å². The topological polar surface area (TPSA) is 67.9 Å². The number of nitrogens with zero attached hydrogens (tertiary/aromatic N) is 1. The van der Waals surface area contributed by atoms with Crippen LogP contribution in [0.25, 0.3) is 0 Å². The molecule has 0 radical (unpaired) electrons. The lowest BCUT2D eigenvalue weighted by atomic mass is 9.77. The van der Waals surface area contributed by atoms with E-state index in [0.717, 1.165) is 19.2 Å². The predicted molar refractivity (Wildman–Crippen MR) is 153 cm³/mol. The molecule has 1 atom stereocenters. The molecule has 2 amide bonds. The SMILES string of the molecule is COC(=O)N(F)Cc1cccc(C(Cc2ccccc2)(NC(=O)c2ccc(F)c(C(F)(F)F)c2)c2cc(F)cc(OC(F)(F)C(F)F)c2)c1. The van der Waals surface area contributed by atoms with Crippen molar-refractivity contribution in [1.82, 2.24) is 10.4 Å². The van der Waals surface area contributed by atoms with Gasteiger partial charge < -0.3 is 14.8 Å². The molecule has 4 aromatic carbocycles. The van der Waals surface area contributed by atoms with E-state index in [2.05, 4.69) is 14.8 Å². The first-order valence-electron chi connectivity index (χ1n) is 13.9. The lowest BCUT2D eigenvalue weighted by Crippen LogP contribution is -2.49. The number of methoxy groups -OCH3 is 1. The first-order chi connectivity index (χ1) is 22.9. The molecule has 0 bridgehead atoms. The average molecular weight is 703 g/mol. The molecule has 0 fully saturated rings. The molecular formula is C33H24F10N2O4. The van der Waals surface area contributed by atoms with Crippen molar-refractivity contribution in [3.63, 3.8) is 0 Å². The minimum Gasteiger partial charge on any atom is -0.451 e. The van der Waals surface area contributed by atoms with Crippen LogP contribution in [0.4, 0.5) is 48.8 Å². The second-order valence-corrected chi connectivity index (χ2v) is 10.5. The highest BCUT2D eigenvalue weighted by Gasteiger charge is 2.45. The van der Waals surface area contributed by atoms with Crippen molar-refractivity contribution < 1.29 is 63.1 Å². The zero-order chi connectivity index (χ0) is 36.1. The monoisotopic (exact) mass is 702 g/mol. The van der Waals surface area contributed by atoms with E-state index in [-0.39, 0.29) is 22.3 Å². The Morgan fingerprint density at radius 2 is 1.49 bits per heavy atom. The molecule has 4 aromatic rings. The predicted octanol–water partition coefficient (Wildman–Crippen LogP) is 8.59. The van der Waals surface area contributed by atoms with Gasteiger partial charge in [0.1, 0.15) is 17.4 Å². The molecular weight excluding hydrogens is 678 g/mol. The van der Waals surface area contributed by atoms with Crippen LogP contribution >= 0.6 is 0 Å². The number of carbonyl (C=O) groups excluding carboxylic acids is 2. The summed E-state index contributed by atoms with van der Waals surface area (Å²) in [6.45, 7) is -0.749. The van der Waals surface area contributed by atoms with Crippen molar-refractivity contribution in [3.8, 4) is 5.75 Å².